The van der Waals surface area contributed by atoms with Gasteiger partial charge in [0.25, 0.3) is 0 Å². The second kappa shape index (κ2) is 7.30. The average Bonchev–Trinajstić information content (AvgIpc) is 2.57. The number of nitrogens with one attached hydrogen (secondary N) is 2. The molecule has 5 heteroatoms. The van der Waals surface area contributed by atoms with E-state index < -0.39 is 0 Å². The minimum atomic E-state index is -0.235. The zero-order valence-electron chi connectivity index (χ0n) is 14.6. The van der Waals surface area contributed by atoms with Gasteiger partial charge in [-0.3, -0.25) is 0 Å². The first-order valence-corrected chi connectivity index (χ1v) is 8.18. The first kappa shape index (κ1) is 16.9. The lowest BCUT2D eigenvalue weighted by Gasteiger charge is -2.14. The van der Waals surface area contributed by atoms with Gasteiger partial charge in [0, 0.05) is 18.3 Å². The molecular weight excluding hydrogens is 315 g/mol. The molecule has 2 aromatic carbocycles. The Morgan fingerprint density at radius 1 is 0.880 bits per heavy atom. The highest BCUT2D eigenvalue weighted by molar-refractivity contribution is 5.65. The predicted octanol–water partition coefficient (Wildman–Crippen LogP) is 4.90. The average molecular weight is 336 g/mol. The normalized spacial score (nSPS) is 10.6. The molecule has 0 aliphatic rings. The van der Waals surface area contributed by atoms with Gasteiger partial charge in [0.15, 0.2) is 0 Å². The van der Waals surface area contributed by atoms with Crippen LogP contribution < -0.4 is 10.6 Å². The van der Waals surface area contributed by atoms with E-state index in [2.05, 4.69) is 46.6 Å². The van der Waals surface area contributed by atoms with Crippen molar-refractivity contribution in [1.29, 1.82) is 0 Å². The maximum atomic E-state index is 13.0. The van der Waals surface area contributed by atoms with Crippen molar-refractivity contribution in [2.75, 3.05) is 10.6 Å². The summed E-state index contributed by atoms with van der Waals surface area (Å²) in [5, 5.41) is 6.65. The van der Waals surface area contributed by atoms with Gasteiger partial charge in [-0.2, -0.15) is 0 Å². The van der Waals surface area contributed by atoms with E-state index in [0.29, 0.717) is 12.4 Å². The Bertz CT molecular complexity index is 855. The lowest BCUT2D eigenvalue weighted by Crippen LogP contribution is -2.06. The summed E-state index contributed by atoms with van der Waals surface area (Å²) < 4.78 is 13.0. The summed E-state index contributed by atoms with van der Waals surface area (Å²) in [4.78, 5) is 8.88. The number of halogens is 1. The summed E-state index contributed by atoms with van der Waals surface area (Å²) in [5.74, 6) is 1.91. The molecular formula is C20H21FN4. The van der Waals surface area contributed by atoms with Crippen LogP contribution in [0.15, 0.2) is 48.5 Å². The number of nitrogens with zero attached hydrogens (tertiary/aromatic N) is 2. The van der Waals surface area contributed by atoms with Crippen LogP contribution in [0.3, 0.4) is 0 Å². The second-order valence-corrected chi connectivity index (χ2v) is 6.06. The van der Waals surface area contributed by atoms with E-state index in [0.717, 1.165) is 34.0 Å². The van der Waals surface area contributed by atoms with E-state index in [-0.39, 0.29) is 5.82 Å². The minimum Gasteiger partial charge on any atom is -0.366 e. The van der Waals surface area contributed by atoms with Crippen LogP contribution in [0.1, 0.15) is 22.5 Å². The van der Waals surface area contributed by atoms with E-state index >= 15 is 0 Å². The fraction of sp³-hybridized carbons (Fsp3) is 0.200. The summed E-state index contributed by atoms with van der Waals surface area (Å²) >= 11 is 0. The minimum absolute atomic E-state index is 0.235. The topological polar surface area (TPSA) is 49.8 Å². The quantitative estimate of drug-likeness (QED) is 0.696. The van der Waals surface area contributed by atoms with Crippen molar-refractivity contribution >= 4 is 17.3 Å². The Morgan fingerprint density at radius 3 is 2.20 bits per heavy atom. The SMILES string of the molecule is Cc1nc(NCc2ccc(F)cc2)cc(Nc2c(C)cccc2C)n1. The van der Waals surface area contributed by atoms with E-state index in [1.54, 1.807) is 12.1 Å². The molecule has 25 heavy (non-hydrogen) atoms. The van der Waals surface area contributed by atoms with Crippen molar-refractivity contribution in [3.63, 3.8) is 0 Å². The molecule has 0 spiro atoms. The van der Waals surface area contributed by atoms with Gasteiger partial charge in [-0.1, -0.05) is 30.3 Å². The van der Waals surface area contributed by atoms with Crippen molar-refractivity contribution < 1.29 is 4.39 Å². The molecule has 0 saturated carbocycles. The fourth-order valence-electron chi connectivity index (χ4n) is 2.66. The highest BCUT2D eigenvalue weighted by Crippen LogP contribution is 2.24. The van der Waals surface area contributed by atoms with Gasteiger partial charge < -0.3 is 10.6 Å². The summed E-state index contributed by atoms with van der Waals surface area (Å²) in [6.45, 7) is 6.56. The fourth-order valence-corrected chi connectivity index (χ4v) is 2.66. The van der Waals surface area contributed by atoms with Crippen molar-refractivity contribution in [3.8, 4) is 0 Å². The largest absolute Gasteiger partial charge is 0.366 e. The van der Waals surface area contributed by atoms with Gasteiger partial charge in [-0.25, -0.2) is 14.4 Å². The molecule has 3 aromatic rings. The Balaban J connectivity index is 1.77. The van der Waals surface area contributed by atoms with Crippen molar-refractivity contribution in [1.82, 2.24) is 9.97 Å². The number of benzene rings is 2. The Hall–Kier alpha value is -2.95. The lowest BCUT2D eigenvalue weighted by atomic mass is 10.1. The maximum absolute atomic E-state index is 13.0. The van der Waals surface area contributed by atoms with E-state index in [4.69, 9.17) is 0 Å². The van der Waals surface area contributed by atoms with Crippen molar-refractivity contribution in [2.45, 2.75) is 27.3 Å². The third-order valence-electron chi connectivity index (χ3n) is 3.96. The van der Waals surface area contributed by atoms with E-state index in [1.165, 1.54) is 12.1 Å². The number of anilines is 3. The molecule has 4 nitrogen and oxygen atoms in total. The molecule has 0 saturated heterocycles. The first-order valence-electron chi connectivity index (χ1n) is 8.18. The van der Waals surface area contributed by atoms with Gasteiger partial charge in [0.05, 0.1) is 0 Å². The third kappa shape index (κ3) is 4.32. The van der Waals surface area contributed by atoms with Crippen LogP contribution in [0.5, 0.6) is 0 Å². The van der Waals surface area contributed by atoms with Crippen LogP contribution >= 0.6 is 0 Å². The molecule has 0 radical (unpaired) electrons. The monoisotopic (exact) mass is 336 g/mol. The number of para-hydroxylation sites is 1. The molecule has 0 amide bonds. The molecule has 1 heterocycles. The van der Waals surface area contributed by atoms with Crippen LogP contribution in [-0.2, 0) is 6.54 Å². The summed E-state index contributed by atoms with van der Waals surface area (Å²) in [6, 6.07) is 14.5. The number of hydrogen-bond acceptors (Lipinski definition) is 4. The van der Waals surface area contributed by atoms with Gasteiger partial charge >= 0.3 is 0 Å². The van der Waals surface area contributed by atoms with Crippen LogP contribution in [0.2, 0.25) is 0 Å². The second-order valence-electron chi connectivity index (χ2n) is 6.06. The van der Waals surface area contributed by atoms with Crippen molar-refractivity contribution in [2.24, 2.45) is 0 Å². The van der Waals surface area contributed by atoms with Crippen LogP contribution in [0, 0.1) is 26.6 Å². The number of hydrogen-bond donors (Lipinski definition) is 2. The molecule has 0 atom stereocenters. The molecule has 0 unspecified atom stereocenters. The Labute approximate surface area is 147 Å². The van der Waals surface area contributed by atoms with Gasteiger partial charge in [0.1, 0.15) is 23.3 Å². The molecule has 128 valence electrons. The third-order valence-corrected chi connectivity index (χ3v) is 3.96. The summed E-state index contributed by atoms with van der Waals surface area (Å²) in [6.07, 6.45) is 0. The van der Waals surface area contributed by atoms with Gasteiger partial charge in [-0.05, 0) is 49.6 Å². The first-order chi connectivity index (χ1) is 12.0. The number of aryl methyl sites for hydroxylation is 3. The molecule has 0 aliphatic carbocycles. The van der Waals surface area contributed by atoms with Gasteiger partial charge in [0.2, 0.25) is 0 Å². The molecule has 3 rings (SSSR count). The zero-order chi connectivity index (χ0) is 17.8. The van der Waals surface area contributed by atoms with Crippen LogP contribution in [-0.4, -0.2) is 9.97 Å². The molecule has 0 bridgehead atoms. The molecule has 2 N–H and O–H groups in total. The standard InChI is InChI=1S/C20H21FN4/c1-13-5-4-6-14(2)20(13)25-19-11-18(23-15(3)24-19)22-12-16-7-9-17(21)10-8-16/h4-11H,12H2,1-3H3,(H2,22,23,24,25). The zero-order valence-corrected chi connectivity index (χ0v) is 14.6. The van der Waals surface area contributed by atoms with Crippen molar-refractivity contribution in [3.05, 3.63) is 76.9 Å². The molecule has 0 aliphatic heterocycles. The van der Waals surface area contributed by atoms with Crippen LogP contribution in [0.25, 0.3) is 0 Å². The molecule has 0 fully saturated rings. The van der Waals surface area contributed by atoms with E-state index in [1.807, 2.05) is 19.1 Å². The highest BCUT2D eigenvalue weighted by Gasteiger charge is 2.06. The summed E-state index contributed by atoms with van der Waals surface area (Å²) in [7, 11) is 0. The lowest BCUT2D eigenvalue weighted by molar-refractivity contribution is 0.627. The predicted molar refractivity (Wildman–Crippen MR) is 99.7 cm³/mol. The van der Waals surface area contributed by atoms with Gasteiger partial charge in [-0.15, -0.1) is 0 Å². The Morgan fingerprint density at radius 2 is 1.52 bits per heavy atom. The van der Waals surface area contributed by atoms with Crippen LogP contribution in [0.4, 0.5) is 21.7 Å². The Kier molecular flexibility index (Phi) is 4.93. The van der Waals surface area contributed by atoms with E-state index in [9.17, 15) is 4.39 Å². The number of rotatable bonds is 5. The summed E-state index contributed by atoms with van der Waals surface area (Å²) in [5.41, 5.74) is 4.38. The smallest absolute Gasteiger partial charge is 0.136 e. The maximum Gasteiger partial charge on any atom is 0.136 e. The number of aromatic nitrogens is 2. The highest BCUT2D eigenvalue weighted by atomic mass is 19.1. The molecule has 1 aromatic heterocycles.